The van der Waals surface area contributed by atoms with Crippen molar-refractivity contribution in [1.29, 1.82) is 0 Å². The van der Waals surface area contributed by atoms with Gasteiger partial charge in [0.25, 0.3) is 0 Å². The Morgan fingerprint density at radius 1 is 1.38 bits per heavy atom. The number of hydrogen-bond donors (Lipinski definition) is 1. The van der Waals surface area contributed by atoms with Crippen LogP contribution in [0.4, 0.5) is 5.69 Å². The summed E-state index contributed by atoms with van der Waals surface area (Å²) in [7, 11) is 0. The van der Waals surface area contributed by atoms with Gasteiger partial charge in [-0.3, -0.25) is 9.59 Å². The Labute approximate surface area is 175 Å². The van der Waals surface area contributed by atoms with E-state index in [4.69, 9.17) is 4.52 Å². The van der Waals surface area contributed by atoms with Gasteiger partial charge in [0.05, 0.1) is 21.8 Å². The highest BCUT2D eigenvalue weighted by Gasteiger charge is 2.75. The molecule has 4 bridgehead atoms. The molecule has 4 saturated carbocycles. The molecule has 0 spiro atoms. The normalized spacial score (nSPS) is 29.0. The molecule has 1 amide bonds. The van der Waals surface area contributed by atoms with E-state index in [0.29, 0.717) is 17.6 Å². The Bertz CT molecular complexity index is 1160. The van der Waals surface area contributed by atoms with Gasteiger partial charge >= 0.3 is 0 Å². The zero-order valence-corrected chi connectivity index (χ0v) is 17.6. The first-order chi connectivity index (χ1) is 14.0. The molecule has 1 aromatic carbocycles. The van der Waals surface area contributed by atoms with Gasteiger partial charge in [-0.15, -0.1) is 11.3 Å². The average molecular weight is 426 g/mol. The van der Waals surface area contributed by atoms with Crippen molar-refractivity contribution in [3.63, 3.8) is 0 Å². The number of thiazole rings is 1. The Balaban J connectivity index is 1.17. The third-order valence-corrected chi connectivity index (χ3v) is 8.95. The van der Waals surface area contributed by atoms with Crippen LogP contribution in [0, 0.1) is 43.4 Å². The molecule has 7 rings (SSSR count). The molecule has 2 heterocycles. The second kappa shape index (κ2) is 6.15. The summed E-state index contributed by atoms with van der Waals surface area (Å²) in [6.07, 6.45) is 0.922. The number of carbonyl (C=O) groups is 2. The number of aryl methyl sites for hydroxylation is 2. The van der Waals surface area contributed by atoms with Crippen molar-refractivity contribution in [3.8, 4) is 0 Å². The Morgan fingerprint density at radius 2 is 2.24 bits per heavy atom. The third kappa shape index (κ3) is 2.61. The molecule has 5 atom stereocenters. The summed E-state index contributed by atoms with van der Waals surface area (Å²) in [5.74, 6) is 2.80. The molecular formula is C21H19N3O3S2. The summed E-state index contributed by atoms with van der Waals surface area (Å²) in [4.78, 5) is 29.6. The van der Waals surface area contributed by atoms with Crippen molar-refractivity contribution in [2.24, 2.45) is 29.6 Å². The summed E-state index contributed by atoms with van der Waals surface area (Å²) < 4.78 is 7.24. The number of nitrogens with one attached hydrogen (secondary N) is 1. The van der Waals surface area contributed by atoms with Crippen LogP contribution in [0.15, 0.2) is 27.1 Å². The first-order valence-corrected chi connectivity index (χ1v) is 11.6. The fraction of sp³-hybridized carbons (Fsp3) is 0.429. The van der Waals surface area contributed by atoms with Crippen LogP contribution in [0.3, 0.4) is 0 Å². The van der Waals surface area contributed by atoms with E-state index >= 15 is 0 Å². The number of amides is 1. The average Bonchev–Trinajstić information content (AvgIpc) is 3.16. The van der Waals surface area contributed by atoms with Gasteiger partial charge in [-0.25, -0.2) is 4.98 Å². The van der Waals surface area contributed by atoms with Crippen LogP contribution < -0.4 is 5.32 Å². The van der Waals surface area contributed by atoms with Crippen LogP contribution in [0.2, 0.25) is 0 Å². The van der Waals surface area contributed by atoms with E-state index in [9.17, 15) is 9.59 Å². The molecule has 29 heavy (non-hydrogen) atoms. The van der Waals surface area contributed by atoms with Crippen LogP contribution in [-0.4, -0.2) is 21.8 Å². The molecule has 4 aliphatic rings. The van der Waals surface area contributed by atoms with E-state index in [1.165, 1.54) is 0 Å². The zero-order chi connectivity index (χ0) is 19.9. The lowest BCUT2D eigenvalue weighted by Gasteiger charge is -2.13. The molecule has 0 aliphatic heterocycles. The number of aromatic nitrogens is 2. The minimum Gasteiger partial charge on any atom is -0.361 e. The number of rotatable bonds is 5. The number of Topliss-reactive ketones (excluding diaryl/α,β-unsaturated/α-hetero) is 1. The van der Waals surface area contributed by atoms with Gasteiger partial charge in [0.15, 0.2) is 4.34 Å². The standard InChI is InChI=1S/C21H19N3O3S2/c1-8-13(9(2)27-24-8)7-28-21-23-14-4-3-10(5-15(14)29-21)22-20(26)18-12-6-11-16(18)17(11)19(12)25/h3-5,11-12,16-18H,6-7H2,1-2H3,(H,22,26). The molecule has 0 saturated heterocycles. The van der Waals surface area contributed by atoms with Crippen LogP contribution in [0.5, 0.6) is 0 Å². The van der Waals surface area contributed by atoms with Gasteiger partial charge in [0.2, 0.25) is 5.91 Å². The maximum Gasteiger partial charge on any atom is 0.228 e. The smallest absolute Gasteiger partial charge is 0.228 e. The number of thioether (sulfide) groups is 1. The van der Waals surface area contributed by atoms with Gasteiger partial charge in [-0.05, 0) is 50.3 Å². The quantitative estimate of drug-likeness (QED) is 0.616. The molecule has 1 N–H and O–H groups in total. The molecule has 5 unspecified atom stereocenters. The largest absolute Gasteiger partial charge is 0.361 e. The fourth-order valence-corrected chi connectivity index (χ4v) is 7.57. The lowest BCUT2D eigenvalue weighted by atomic mass is 9.96. The molecule has 8 heteroatoms. The number of ketones is 1. The number of anilines is 1. The summed E-state index contributed by atoms with van der Waals surface area (Å²) in [6, 6.07) is 5.83. The van der Waals surface area contributed by atoms with E-state index in [0.717, 1.165) is 49.4 Å². The minimum atomic E-state index is -0.115. The fourth-order valence-electron chi connectivity index (χ4n) is 5.31. The summed E-state index contributed by atoms with van der Waals surface area (Å²) >= 11 is 3.28. The number of carbonyl (C=O) groups excluding carboxylic acids is 2. The number of benzene rings is 1. The van der Waals surface area contributed by atoms with Crippen LogP contribution in [-0.2, 0) is 15.3 Å². The highest BCUT2D eigenvalue weighted by Crippen LogP contribution is 2.71. The molecule has 6 nitrogen and oxygen atoms in total. The van der Waals surface area contributed by atoms with Crippen molar-refractivity contribution >= 4 is 50.7 Å². The highest BCUT2D eigenvalue weighted by atomic mass is 32.2. The van der Waals surface area contributed by atoms with Gasteiger partial charge in [0.1, 0.15) is 11.5 Å². The molecule has 0 radical (unpaired) electrons. The molecule has 148 valence electrons. The lowest BCUT2D eigenvalue weighted by molar-refractivity contribution is -0.126. The van der Waals surface area contributed by atoms with E-state index in [1.54, 1.807) is 23.1 Å². The first-order valence-electron chi connectivity index (χ1n) is 9.81. The molecule has 2 aromatic heterocycles. The second-order valence-corrected chi connectivity index (χ2v) is 10.5. The molecular weight excluding hydrogens is 406 g/mol. The molecule has 4 aliphatic carbocycles. The van der Waals surface area contributed by atoms with Crippen molar-refractivity contribution in [2.75, 3.05) is 5.32 Å². The zero-order valence-electron chi connectivity index (χ0n) is 16.0. The molecule has 3 aromatic rings. The predicted octanol–water partition coefficient (Wildman–Crippen LogP) is 4.21. The Morgan fingerprint density at radius 3 is 2.90 bits per heavy atom. The van der Waals surface area contributed by atoms with Gasteiger partial charge in [0, 0.05) is 28.8 Å². The van der Waals surface area contributed by atoms with Gasteiger partial charge in [-0.1, -0.05) is 16.9 Å². The number of hydrogen-bond acceptors (Lipinski definition) is 7. The number of nitrogens with zero attached hydrogens (tertiary/aromatic N) is 2. The van der Waals surface area contributed by atoms with E-state index in [1.807, 2.05) is 32.0 Å². The van der Waals surface area contributed by atoms with E-state index in [2.05, 4.69) is 15.5 Å². The van der Waals surface area contributed by atoms with E-state index in [-0.39, 0.29) is 23.7 Å². The van der Waals surface area contributed by atoms with Crippen LogP contribution in [0.1, 0.15) is 23.4 Å². The molecule has 4 fully saturated rings. The first kappa shape index (κ1) is 17.7. The van der Waals surface area contributed by atoms with Crippen molar-refractivity contribution < 1.29 is 14.1 Å². The lowest BCUT2D eigenvalue weighted by Crippen LogP contribution is -2.27. The Kier molecular flexibility index (Phi) is 3.75. The van der Waals surface area contributed by atoms with Crippen molar-refractivity contribution in [2.45, 2.75) is 30.4 Å². The van der Waals surface area contributed by atoms with Crippen LogP contribution >= 0.6 is 23.1 Å². The highest BCUT2D eigenvalue weighted by molar-refractivity contribution is 8.00. The topological polar surface area (TPSA) is 85.1 Å². The maximum atomic E-state index is 12.8. The van der Waals surface area contributed by atoms with Crippen molar-refractivity contribution in [3.05, 3.63) is 35.2 Å². The maximum absolute atomic E-state index is 12.8. The van der Waals surface area contributed by atoms with E-state index < -0.39 is 0 Å². The SMILES string of the molecule is Cc1noc(C)c1CSc1nc2ccc(NC(=O)C3C4CC5C(C4=O)C53)cc2s1. The second-order valence-electron chi connectivity index (χ2n) is 8.28. The van der Waals surface area contributed by atoms with Gasteiger partial charge < -0.3 is 9.84 Å². The predicted molar refractivity (Wildman–Crippen MR) is 111 cm³/mol. The van der Waals surface area contributed by atoms with Crippen LogP contribution in [0.25, 0.3) is 10.2 Å². The number of fused-ring (bicyclic) bond motifs is 1. The summed E-state index contributed by atoms with van der Waals surface area (Å²) in [5, 5.41) is 7.05. The third-order valence-electron chi connectivity index (χ3n) is 6.76. The Hall–Kier alpha value is -2.19. The van der Waals surface area contributed by atoms with Crippen molar-refractivity contribution in [1.82, 2.24) is 10.1 Å². The minimum absolute atomic E-state index is 0.00715. The summed E-state index contributed by atoms with van der Waals surface area (Å²) in [6.45, 7) is 3.88. The summed E-state index contributed by atoms with van der Waals surface area (Å²) in [5.41, 5.74) is 3.74. The van der Waals surface area contributed by atoms with Gasteiger partial charge in [-0.2, -0.15) is 0 Å². The monoisotopic (exact) mass is 425 g/mol.